The molecule has 0 saturated heterocycles. The number of amides is 2. The van der Waals surface area contributed by atoms with E-state index in [0.717, 1.165) is 6.21 Å². The van der Waals surface area contributed by atoms with Gasteiger partial charge in [0, 0.05) is 29.7 Å². The molecule has 0 N–H and O–H groups in total. The number of hydrogen-bond donors (Lipinski definition) is 0. The Morgan fingerprint density at radius 1 is 0.742 bits per heavy atom. The molecule has 0 aliphatic heterocycles. The summed E-state index contributed by atoms with van der Waals surface area (Å²) < 4.78 is 1.63. The molecule has 0 saturated carbocycles. The van der Waals surface area contributed by atoms with Gasteiger partial charge in [-0.1, -0.05) is 24.3 Å². The number of rotatable bonds is 12. The maximum atomic E-state index is 13.4. The first kappa shape index (κ1) is 27.7. The van der Waals surface area contributed by atoms with Gasteiger partial charge in [0.1, 0.15) is 0 Å². The van der Waals surface area contributed by atoms with Gasteiger partial charge in [-0.05, 0) is 67.8 Å². The number of nitrogens with zero attached hydrogens (tertiary/aromatic N) is 3. The molecular weight excluding hydrogens is 735 g/mol. The SMILES string of the molecule is C=CCN(CC=C)C(=O)c1c(I)c(N=CC=O)c(I)c(C(=O)N(CC=C)CC=C)c1I. The summed E-state index contributed by atoms with van der Waals surface area (Å²) in [6.07, 6.45) is 8.16. The first-order valence-electron chi connectivity index (χ1n) is 9.00. The van der Waals surface area contributed by atoms with E-state index in [1.165, 1.54) is 0 Å². The van der Waals surface area contributed by atoms with Crippen LogP contribution in [0.15, 0.2) is 55.6 Å². The van der Waals surface area contributed by atoms with Crippen LogP contribution in [0.3, 0.4) is 0 Å². The highest BCUT2D eigenvalue weighted by Gasteiger charge is 2.31. The van der Waals surface area contributed by atoms with Gasteiger partial charge in [0.05, 0.1) is 30.2 Å². The molecule has 0 atom stereocenters. The Balaban J connectivity index is 3.88. The fourth-order valence-corrected chi connectivity index (χ4v) is 7.03. The largest absolute Gasteiger partial charge is 0.331 e. The molecule has 1 aromatic rings. The van der Waals surface area contributed by atoms with Crippen LogP contribution < -0.4 is 0 Å². The van der Waals surface area contributed by atoms with Gasteiger partial charge in [-0.3, -0.25) is 19.4 Å². The zero-order valence-corrected chi connectivity index (χ0v) is 23.3. The van der Waals surface area contributed by atoms with Crippen LogP contribution in [0, 0.1) is 10.7 Å². The molecule has 0 radical (unpaired) electrons. The van der Waals surface area contributed by atoms with Gasteiger partial charge in [0.2, 0.25) is 0 Å². The van der Waals surface area contributed by atoms with E-state index >= 15 is 0 Å². The van der Waals surface area contributed by atoms with E-state index in [1.54, 1.807) is 34.1 Å². The normalized spacial score (nSPS) is 10.4. The van der Waals surface area contributed by atoms with Crippen molar-refractivity contribution in [3.8, 4) is 0 Å². The van der Waals surface area contributed by atoms with Gasteiger partial charge >= 0.3 is 0 Å². The van der Waals surface area contributed by atoms with Crippen LogP contribution in [-0.4, -0.2) is 60.3 Å². The number of carbonyl (C=O) groups is 3. The van der Waals surface area contributed by atoms with Crippen molar-refractivity contribution in [3.05, 3.63) is 72.5 Å². The lowest BCUT2D eigenvalue weighted by Gasteiger charge is -2.25. The number of benzene rings is 1. The van der Waals surface area contributed by atoms with E-state index in [1.807, 2.05) is 67.8 Å². The van der Waals surface area contributed by atoms with E-state index in [2.05, 4.69) is 31.3 Å². The summed E-state index contributed by atoms with van der Waals surface area (Å²) in [5, 5.41) is 0. The highest BCUT2D eigenvalue weighted by atomic mass is 127. The number of aldehydes is 1. The van der Waals surface area contributed by atoms with Crippen LogP contribution in [0.2, 0.25) is 0 Å². The minimum absolute atomic E-state index is 0.277. The standard InChI is InChI=1S/C22H22I3N3O3/c1-5-10-27(11-6-2)21(30)15-17(23)16(22(31)28(12-7-3)13-8-4)19(25)20(18(15)24)26-9-14-29/h5-9,14H,1-4,10-13H2. The van der Waals surface area contributed by atoms with Gasteiger partial charge < -0.3 is 9.80 Å². The molecule has 9 heteroatoms. The second kappa shape index (κ2) is 13.9. The third-order valence-electron chi connectivity index (χ3n) is 3.96. The van der Waals surface area contributed by atoms with Crippen LogP contribution in [0.5, 0.6) is 0 Å². The first-order valence-corrected chi connectivity index (χ1v) is 12.2. The molecule has 164 valence electrons. The van der Waals surface area contributed by atoms with Crippen molar-refractivity contribution >= 4 is 97.8 Å². The second-order valence-corrected chi connectivity index (χ2v) is 9.27. The Bertz CT molecular complexity index is 859. The first-order chi connectivity index (χ1) is 14.8. The molecule has 1 rings (SSSR count). The average Bonchev–Trinajstić information content (AvgIpc) is 2.73. The van der Waals surface area contributed by atoms with E-state index in [9.17, 15) is 14.4 Å². The second-order valence-electron chi connectivity index (χ2n) is 6.03. The molecule has 0 heterocycles. The monoisotopic (exact) mass is 757 g/mol. The van der Waals surface area contributed by atoms with Crippen molar-refractivity contribution in [2.45, 2.75) is 0 Å². The summed E-state index contributed by atoms with van der Waals surface area (Å²) in [4.78, 5) is 45.1. The van der Waals surface area contributed by atoms with Gasteiger partial charge in [-0.2, -0.15) is 0 Å². The molecule has 0 aliphatic rings. The van der Waals surface area contributed by atoms with Crippen molar-refractivity contribution in [1.29, 1.82) is 0 Å². The lowest BCUT2D eigenvalue weighted by atomic mass is 10.1. The third-order valence-corrected chi connectivity index (χ3v) is 7.14. The number of halogens is 3. The van der Waals surface area contributed by atoms with Crippen LogP contribution in [0.4, 0.5) is 5.69 Å². The van der Waals surface area contributed by atoms with Crippen LogP contribution >= 0.6 is 67.8 Å². The van der Waals surface area contributed by atoms with Gasteiger partial charge in [0.25, 0.3) is 11.8 Å². The van der Waals surface area contributed by atoms with Crippen molar-refractivity contribution < 1.29 is 14.4 Å². The Hall–Kier alpha value is -1.35. The molecule has 0 aromatic heterocycles. The van der Waals surface area contributed by atoms with Crippen molar-refractivity contribution in [3.63, 3.8) is 0 Å². The molecule has 31 heavy (non-hydrogen) atoms. The highest BCUT2D eigenvalue weighted by Crippen LogP contribution is 2.38. The van der Waals surface area contributed by atoms with Crippen molar-refractivity contribution in [1.82, 2.24) is 9.80 Å². The summed E-state index contributed by atoms with van der Waals surface area (Å²) in [5.74, 6) is -0.554. The lowest BCUT2D eigenvalue weighted by Crippen LogP contribution is -2.35. The maximum Gasteiger partial charge on any atom is 0.256 e. The summed E-state index contributed by atoms with van der Waals surface area (Å²) in [6, 6.07) is 0. The molecule has 0 bridgehead atoms. The van der Waals surface area contributed by atoms with Gasteiger partial charge in [-0.15, -0.1) is 26.3 Å². The molecule has 0 fully saturated rings. The predicted molar refractivity (Wildman–Crippen MR) is 151 cm³/mol. The van der Waals surface area contributed by atoms with E-state index < -0.39 is 0 Å². The summed E-state index contributed by atoms with van der Waals surface area (Å²) in [6.45, 7) is 16.1. The molecule has 1 aromatic carbocycles. The van der Waals surface area contributed by atoms with E-state index in [-0.39, 0.29) is 11.8 Å². The van der Waals surface area contributed by atoms with E-state index in [4.69, 9.17) is 0 Å². The molecular formula is C22H22I3N3O3. The average molecular weight is 757 g/mol. The van der Waals surface area contributed by atoms with Crippen LogP contribution in [0.1, 0.15) is 20.7 Å². The number of aliphatic imine (C=N–C) groups is 1. The predicted octanol–water partition coefficient (Wildman–Crippen LogP) is 5.03. The summed E-state index contributed by atoms with van der Waals surface area (Å²) in [7, 11) is 0. The number of hydrogen-bond acceptors (Lipinski definition) is 4. The van der Waals surface area contributed by atoms with Crippen LogP contribution in [0.25, 0.3) is 0 Å². The quantitative estimate of drug-likeness (QED) is 0.130. The summed E-state index contributed by atoms with van der Waals surface area (Å²) >= 11 is 6.09. The maximum absolute atomic E-state index is 13.4. The van der Waals surface area contributed by atoms with E-state index in [0.29, 0.717) is 60.0 Å². The van der Waals surface area contributed by atoms with Crippen molar-refractivity contribution in [2.24, 2.45) is 4.99 Å². The topological polar surface area (TPSA) is 70.0 Å². The molecule has 0 unspecified atom stereocenters. The Kier molecular flexibility index (Phi) is 12.4. The Morgan fingerprint density at radius 2 is 1.10 bits per heavy atom. The lowest BCUT2D eigenvalue weighted by molar-refractivity contribution is -0.102. The van der Waals surface area contributed by atoms with Gasteiger partial charge in [-0.25, -0.2) is 0 Å². The van der Waals surface area contributed by atoms with Gasteiger partial charge in [0.15, 0.2) is 6.29 Å². The van der Waals surface area contributed by atoms with Crippen molar-refractivity contribution in [2.75, 3.05) is 26.2 Å². The highest BCUT2D eigenvalue weighted by molar-refractivity contribution is 14.1. The zero-order chi connectivity index (χ0) is 23.6. The molecule has 6 nitrogen and oxygen atoms in total. The minimum atomic E-state index is -0.277. The Morgan fingerprint density at radius 3 is 1.39 bits per heavy atom. The number of carbonyl (C=O) groups excluding carboxylic acids is 3. The molecule has 2 amide bonds. The minimum Gasteiger partial charge on any atom is -0.331 e. The fourth-order valence-electron chi connectivity index (χ4n) is 2.66. The summed E-state index contributed by atoms with van der Waals surface area (Å²) in [5.41, 5.74) is 1.10. The smallest absolute Gasteiger partial charge is 0.256 e. The third kappa shape index (κ3) is 6.81. The fraction of sp³-hybridized carbons (Fsp3) is 0.182. The Labute approximate surface area is 223 Å². The molecule has 0 spiro atoms. The zero-order valence-electron chi connectivity index (χ0n) is 16.8. The van der Waals surface area contributed by atoms with Crippen LogP contribution in [-0.2, 0) is 4.79 Å². The molecule has 0 aliphatic carbocycles.